The van der Waals surface area contributed by atoms with Gasteiger partial charge >= 0.3 is 11.9 Å². The second-order valence-corrected chi connectivity index (χ2v) is 4.72. The molecule has 130 valence electrons. The fourth-order valence-electron chi connectivity index (χ4n) is 1.81. The Morgan fingerprint density at radius 3 is 2.50 bits per heavy atom. The summed E-state index contributed by atoms with van der Waals surface area (Å²) in [5.41, 5.74) is -0.0115. The minimum Gasteiger partial charge on any atom is -0.467 e. The molecule has 0 fully saturated rings. The standard InChI is InChI=1S/C16H17F2NO5/c1-23-15(21)5-3-4-13(16(22)24-2)19-14(20)8-10-6-7-11(17)9-12(10)18/h3,5-7,9,13H,4,8H2,1-2H3,(H,19,20)/b5-3+/t13-/m1/s1. The maximum absolute atomic E-state index is 13.5. The Morgan fingerprint density at radius 2 is 1.92 bits per heavy atom. The molecule has 0 spiro atoms. The Kier molecular flexibility index (Phi) is 7.54. The Bertz CT molecular complexity index is 645. The zero-order chi connectivity index (χ0) is 18.1. The molecule has 0 radical (unpaired) electrons. The van der Waals surface area contributed by atoms with Crippen LogP contribution in [0.25, 0.3) is 0 Å². The number of amides is 1. The number of ether oxygens (including phenoxy) is 2. The Labute approximate surface area is 137 Å². The molecule has 0 aliphatic heterocycles. The molecular formula is C16H17F2NO5. The largest absolute Gasteiger partial charge is 0.467 e. The summed E-state index contributed by atoms with van der Waals surface area (Å²) in [6.45, 7) is 0. The summed E-state index contributed by atoms with van der Waals surface area (Å²) in [5.74, 6) is -3.60. The van der Waals surface area contributed by atoms with Crippen molar-refractivity contribution in [2.75, 3.05) is 14.2 Å². The van der Waals surface area contributed by atoms with E-state index in [1.165, 1.54) is 13.2 Å². The Hall–Kier alpha value is -2.77. The van der Waals surface area contributed by atoms with Crippen LogP contribution in [0.4, 0.5) is 8.78 Å². The van der Waals surface area contributed by atoms with Crippen molar-refractivity contribution in [3.63, 3.8) is 0 Å². The van der Waals surface area contributed by atoms with Crippen LogP contribution in [0.1, 0.15) is 12.0 Å². The van der Waals surface area contributed by atoms with Crippen LogP contribution < -0.4 is 5.32 Å². The van der Waals surface area contributed by atoms with Gasteiger partial charge in [-0.2, -0.15) is 0 Å². The van der Waals surface area contributed by atoms with Gasteiger partial charge in [-0.15, -0.1) is 0 Å². The summed E-state index contributed by atoms with van der Waals surface area (Å²) in [4.78, 5) is 34.6. The van der Waals surface area contributed by atoms with E-state index >= 15 is 0 Å². The number of hydrogen-bond donors (Lipinski definition) is 1. The van der Waals surface area contributed by atoms with E-state index in [0.717, 1.165) is 25.3 Å². The molecule has 1 amide bonds. The lowest BCUT2D eigenvalue weighted by Crippen LogP contribution is -2.42. The number of hydrogen-bond acceptors (Lipinski definition) is 5. The maximum atomic E-state index is 13.5. The van der Waals surface area contributed by atoms with Gasteiger partial charge in [-0.05, 0) is 18.1 Å². The zero-order valence-corrected chi connectivity index (χ0v) is 13.2. The van der Waals surface area contributed by atoms with Crippen molar-refractivity contribution in [1.82, 2.24) is 5.32 Å². The quantitative estimate of drug-likeness (QED) is 0.597. The summed E-state index contributed by atoms with van der Waals surface area (Å²) in [6, 6.07) is 1.79. The number of carbonyl (C=O) groups is 3. The third kappa shape index (κ3) is 6.15. The average Bonchev–Trinajstić information content (AvgIpc) is 2.55. The number of nitrogens with one attached hydrogen (secondary N) is 1. The molecular weight excluding hydrogens is 324 g/mol. The van der Waals surface area contributed by atoms with Crippen LogP contribution in [0.3, 0.4) is 0 Å². The van der Waals surface area contributed by atoms with E-state index in [9.17, 15) is 23.2 Å². The van der Waals surface area contributed by atoms with Gasteiger partial charge in [-0.1, -0.05) is 12.1 Å². The monoisotopic (exact) mass is 341 g/mol. The van der Waals surface area contributed by atoms with E-state index in [2.05, 4.69) is 14.8 Å². The number of methoxy groups -OCH3 is 2. The van der Waals surface area contributed by atoms with Crippen molar-refractivity contribution in [1.29, 1.82) is 0 Å². The maximum Gasteiger partial charge on any atom is 0.330 e. The van der Waals surface area contributed by atoms with E-state index in [4.69, 9.17) is 0 Å². The third-order valence-electron chi connectivity index (χ3n) is 3.01. The molecule has 6 nitrogen and oxygen atoms in total. The van der Waals surface area contributed by atoms with Crippen LogP contribution in [0.2, 0.25) is 0 Å². The second-order valence-electron chi connectivity index (χ2n) is 4.72. The molecule has 1 rings (SSSR count). The summed E-state index contributed by atoms with van der Waals surface area (Å²) in [7, 11) is 2.34. The molecule has 0 saturated heterocycles. The van der Waals surface area contributed by atoms with E-state index in [1.54, 1.807) is 0 Å². The molecule has 0 bridgehead atoms. The van der Waals surface area contributed by atoms with Crippen molar-refractivity contribution >= 4 is 17.8 Å². The highest BCUT2D eigenvalue weighted by atomic mass is 19.1. The van der Waals surface area contributed by atoms with Gasteiger partial charge < -0.3 is 14.8 Å². The Balaban J connectivity index is 2.71. The Morgan fingerprint density at radius 1 is 1.21 bits per heavy atom. The van der Waals surface area contributed by atoms with Crippen molar-refractivity contribution in [2.45, 2.75) is 18.9 Å². The number of esters is 2. The van der Waals surface area contributed by atoms with Gasteiger partial charge in [0.05, 0.1) is 20.6 Å². The van der Waals surface area contributed by atoms with Crippen molar-refractivity contribution in [3.05, 3.63) is 47.5 Å². The van der Waals surface area contributed by atoms with Gasteiger partial charge in [0.25, 0.3) is 0 Å². The van der Waals surface area contributed by atoms with Gasteiger partial charge in [-0.3, -0.25) is 4.79 Å². The SMILES string of the molecule is COC(=O)/C=C/C[C@@H](NC(=O)Cc1ccc(F)cc1F)C(=O)OC. The molecule has 0 aliphatic carbocycles. The predicted octanol–water partition coefficient (Wildman–Crippen LogP) is 1.28. The highest BCUT2D eigenvalue weighted by Crippen LogP contribution is 2.10. The van der Waals surface area contributed by atoms with Crippen LogP contribution in [0, 0.1) is 11.6 Å². The highest BCUT2D eigenvalue weighted by Gasteiger charge is 2.21. The smallest absolute Gasteiger partial charge is 0.330 e. The second kappa shape index (κ2) is 9.39. The van der Waals surface area contributed by atoms with E-state index in [1.807, 2.05) is 0 Å². The lowest BCUT2D eigenvalue weighted by molar-refractivity contribution is -0.145. The van der Waals surface area contributed by atoms with Gasteiger partial charge in [0.1, 0.15) is 17.7 Å². The first-order valence-corrected chi connectivity index (χ1v) is 6.93. The molecule has 0 saturated carbocycles. The fourth-order valence-corrected chi connectivity index (χ4v) is 1.81. The van der Waals surface area contributed by atoms with Crippen LogP contribution in [-0.2, 0) is 30.3 Å². The van der Waals surface area contributed by atoms with Crippen molar-refractivity contribution < 1.29 is 32.6 Å². The summed E-state index contributed by atoms with van der Waals surface area (Å²) in [6.07, 6.45) is 2.05. The number of benzene rings is 1. The van der Waals surface area contributed by atoms with Crippen LogP contribution in [0.5, 0.6) is 0 Å². The minimum atomic E-state index is -1.05. The molecule has 0 aliphatic rings. The molecule has 24 heavy (non-hydrogen) atoms. The molecule has 0 unspecified atom stereocenters. The molecule has 1 aromatic rings. The predicted molar refractivity (Wildman–Crippen MR) is 79.8 cm³/mol. The summed E-state index contributed by atoms with van der Waals surface area (Å²) < 4.78 is 35.3. The minimum absolute atomic E-state index is 0.0115. The van der Waals surface area contributed by atoms with Gasteiger partial charge in [0.15, 0.2) is 0 Å². The zero-order valence-electron chi connectivity index (χ0n) is 13.2. The van der Waals surface area contributed by atoms with Crippen molar-refractivity contribution in [2.24, 2.45) is 0 Å². The molecule has 0 heterocycles. The number of carbonyl (C=O) groups excluding carboxylic acids is 3. The van der Waals surface area contributed by atoms with Crippen LogP contribution in [-0.4, -0.2) is 38.1 Å². The fraction of sp³-hybridized carbons (Fsp3) is 0.312. The normalized spacial score (nSPS) is 11.8. The first-order valence-electron chi connectivity index (χ1n) is 6.93. The molecule has 8 heteroatoms. The summed E-state index contributed by atoms with van der Waals surface area (Å²) in [5, 5.41) is 2.37. The topological polar surface area (TPSA) is 81.7 Å². The molecule has 1 N–H and O–H groups in total. The van der Waals surface area contributed by atoms with Gasteiger partial charge in [0.2, 0.25) is 5.91 Å². The van der Waals surface area contributed by atoms with Crippen molar-refractivity contribution in [3.8, 4) is 0 Å². The first-order chi connectivity index (χ1) is 11.4. The molecule has 1 atom stereocenters. The lowest BCUT2D eigenvalue weighted by Gasteiger charge is -2.15. The summed E-state index contributed by atoms with van der Waals surface area (Å²) >= 11 is 0. The van der Waals surface area contributed by atoms with Crippen LogP contribution >= 0.6 is 0 Å². The van der Waals surface area contributed by atoms with Gasteiger partial charge in [-0.25, -0.2) is 18.4 Å². The molecule has 0 aromatic heterocycles. The van der Waals surface area contributed by atoms with E-state index in [0.29, 0.717) is 6.07 Å². The van der Waals surface area contributed by atoms with E-state index < -0.39 is 35.5 Å². The molecule has 1 aromatic carbocycles. The van der Waals surface area contributed by atoms with Gasteiger partial charge in [0, 0.05) is 12.1 Å². The first kappa shape index (κ1) is 19.3. The lowest BCUT2D eigenvalue weighted by atomic mass is 10.1. The number of halogens is 2. The third-order valence-corrected chi connectivity index (χ3v) is 3.01. The highest BCUT2D eigenvalue weighted by molar-refractivity contribution is 5.86. The average molecular weight is 341 g/mol. The van der Waals surface area contributed by atoms with E-state index in [-0.39, 0.29) is 18.4 Å². The number of rotatable bonds is 7. The van der Waals surface area contributed by atoms with Crippen LogP contribution in [0.15, 0.2) is 30.4 Å².